The number of ether oxygens (including phenoxy) is 1. The van der Waals surface area contributed by atoms with E-state index in [1.165, 1.54) is 36.4 Å². The number of hydrogen-bond donors (Lipinski definition) is 1. The molecule has 1 aromatic carbocycles. The number of hydrogen-bond acceptors (Lipinski definition) is 5. The Kier molecular flexibility index (Phi) is 4.26. The number of benzene rings is 1. The lowest BCUT2D eigenvalue weighted by molar-refractivity contribution is -0.402. The highest BCUT2D eigenvalue weighted by molar-refractivity contribution is 7.80. The Balaban J connectivity index is 1.85. The zero-order chi connectivity index (χ0) is 14.5. The SMILES string of the molecule is O=[N+]([O-])c1ccc(COC(=S)Nc2ccc(F)cc2)o1. The van der Waals surface area contributed by atoms with Gasteiger partial charge in [-0.1, -0.05) is 0 Å². The number of nitrogens with zero attached hydrogens (tertiary/aromatic N) is 1. The van der Waals surface area contributed by atoms with Crippen molar-refractivity contribution in [2.24, 2.45) is 0 Å². The quantitative estimate of drug-likeness (QED) is 0.530. The first-order valence-electron chi connectivity index (χ1n) is 5.47. The van der Waals surface area contributed by atoms with Gasteiger partial charge < -0.3 is 14.5 Å². The van der Waals surface area contributed by atoms with E-state index in [1.54, 1.807) is 0 Å². The standard InChI is InChI=1S/C12H9FN2O4S/c13-8-1-3-9(4-2-8)14-12(20)18-7-10-5-6-11(19-10)15(16)17/h1-6H,7H2,(H,14,20). The maximum Gasteiger partial charge on any atom is 0.433 e. The zero-order valence-electron chi connectivity index (χ0n) is 10.0. The first-order chi connectivity index (χ1) is 9.54. The van der Waals surface area contributed by atoms with Crippen LogP contribution in [0.2, 0.25) is 0 Å². The van der Waals surface area contributed by atoms with Gasteiger partial charge in [0.15, 0.2) is 0 Å². The van der Waals surface area contributed by atoms with Gasteiger partial charge in [-0.25, -0.2) is 4.39 Å². The Hall–Kier alpha value is -2.48. The molecule has 8 heteroatoms. The van der Waals surface area contributed by atoms with Crippen LogP contribution in [0.25, 0.3) is 0 Å². The highest BCUT2D eigenvalue weighted by Gasteiger charge is 2.12. The Labute approximate surface area is 118 Å². The van der Waals surface area contributed by atoms with Crippen LogP contribution in [0, 0.1) is 15.9 Å². The van der Waals surface area contributed by atoms with E-state index in [2.05, 4.69) is 5.32 Å². The molecule has 0 spiro atoms. The topological polar surface area (TPSA) is 77.5 Å². The molecule has 1 N–H and O–H groups in total. The van der Waals surface area contributed by atoms with Crippen molar-refractivity contribution < 1.29 is 18.5 Å². The first kappa shape index (κ1) is 13.9. The predicted octanol–water partition coefficient (Wildman–Crippen LogP) is 3.24. The molecule has 0 aliphatic carbocycles. The lowest BCUT2D eigenvalue weighted by atomic mass is 10.3. The predicted molar refractivity (Wildman–Crippen MR) is 72.8 cm³/mol. The molecule has 0 atom stereocenters. The van der Waals surface area contributed by atoms with Gasteiger partial charge in [-0.05, 0) is 42.5 Å². The van der Waals surface area contributed by atoms with Gasteiger partial charge in [-0.2, -0.15) is 0 Å². The van der Waals surface area contributed by atoms with E-state index in [0.29, 0.717) is 5.69 Å². The number of rotatable bonds is 4. The molecule has 0 saturated heterocycles. The molecule has 2 aromatic rings. The summed E-state index contributed by atoms with van der Waals surface area (Å²) in [6, 6.07) is 8.22. The molecule has 1 aromatic heterocycles. The largest absolute Gasteiger partial charge is 0.463 e. The summed E-state index contributed by atoms with van der Waals surface area (Å²) in [4.78, 5) is 9.78. The molecule has 20 heavy (non-hydrogen) atoms. The maximum atomic E-state index is 12.7. The zero-order valence-corrected chi connectivity index (χ0v) is 10.9. The average Bonchev–Trinajstić information content (AvgIpc) is 2.88. The van der Waals surface area contributed by atoms with Crippen LogP contribution in [-0.4, -0.2) is 10.1 Å². The summed E-state index contributed by atoms with van der Waals surface area (Å²) in [6.07, 6.45) is 0. The fraction of sp³-hybridized carbons (Fsp3) is 0.0833. The molecule has 0 fully saturated rings. The van der Waals surface area contributed by atoms with Crippen molar-refractivity contribution in [1.82, 2.24) is 0 Å². The molecular weight excluding hydrogens is 287 g/mol. The normalized spacial score (nSPS) is 10.1. The average molecular weight is 296 g/mol. The molecule has 0 unspecified atom stereocenters. The smallest absolute Gasteiger partial charge is 0.433 e. The van der Waals surface area contributed by atoms with E-state index in [0.717, 1.165) is 0 Å². The highest BCUT2D eigenvalue weighted by Crippen LogP contribution is 2.16. The van der Waals surface area contributed by atoms with Crippen molar-refractivity contribution in [1.29, 1.82) is 0 Å². The van der Waals surface area contributed by atoms with Crippen LogP contribution in [-0.2, 0) is 11.3 Å². The number of nitro groups is 1. The van der Waals surface area contributed by atoms with Crippen LogP contribution in [0.1, 0.15) is 5.76 Å². The van der Waals surface area contributed by atoms with Crippen LogP contribution < -0.4 is 5.32 Å². The van der Waals surface area contributed by atoms with Crippen molar-refractivity contribution in [3.05, 3.63) is 58.1 Å². The Morgan fingerprint density at radius 1 is 1.35 bits per heavy atom. The van der Waals surface area contributed by atoms with Gasteiger partial charge in [0.2, 0.25) is 0 Å². The first-order valence-corrected chi connectivity index (χ1v) is 5.88. The third-order valence-electron chi connectivity index (χ3n) is 2.26. The number of nitrogens with one attached hydrogen (secondary N) is 1. The molecule has 0 aliphatic heterocycles. The molecule has 0 bridgehead atoms. The van der Waals surface area contributed by atoms with Crippen LogP contribution in [0.15, 0.2) is 40.8 Å². The van der Waals surface area contributed by atoms with E-state index in [-0.39, 0.29) is 29.2 Å². The van der Waals surface area contributed by atoms with Crippen molar-refractivity contribution in [2.75, 3.05) is 5.32 Å². The lowest BCUT2D eigenvalue weighted by Crippen LogP contribution is -2.12. The summed E-state index contributed by atoms with van der Waals surface area (Å²) >= 11 is 4.92. The second kappa shape index (κ2) is 6.11. The van der Waals surface area contributed by atoms with Crippen molar-refractivity contribution in [3.8, 4) is 0 Å². The van der Waals surface area contributed by atoms with E-state index in [4.69, 9.17) is 21.4 Å². The number of furan rings is 1. The molecule has 0 aliphatic rings. The van der Waals surface area contributed by atoms with Gasteiger partial charge in [-0.15, -0.1) is 0 Å². The summed E-state index contributed by atoms with van der Waals surface area (Å²) < 4.78 is 22.8. The number of halogens is 1. The van der Waals surface area contributed by atoms with Crippen molar-refractivity contribution in [3.63, 3.8) is 0 Å². The van der Waals surface area contributed by atoms with Crippen LogP contribution in [0.4, 0.5) is 16.0 Å². The number of anilines is 1. The fourth-order valence-corrected chi connectivity index (χ4v) is 1.54. The van der Waals surface area contributed by atoms with Gasteiger partial charge >= 0.3 is 5.88 Å². The third-order valence-corrected chi connectivity index (χ3v) is 2.48. The van der Waals surface area contributed by atoms with Gasteiger partial charge in [-0.3, -0.25) is 10.1 Å². The summed E-state index contributed by atoms with van der Waals surface area (Å²) in [5, 5.41) is 13.2. The second-order valence-electron chi connectivity index (χ2n) is 3.71. The maximum absolute atomic E-state index is 12.7. The van der Waals surface area contributed by atoms with Gasteiger partial charge in [0.25, 0.3) is 5.17 Å². The Morgan fingerprint density at radius 2 is 2.05 bits per heavy atom. The molecular formula is C12H9FN2O4S. The molecule has 2 rings (SSSR count). The monoisotopic (exact) mass is 296 g/mol. The summed E-state index contributed by atoms with van der Waals surface area (Å²) in [7, 11) is 0. The van der Waals surface area contributed by atoms with Crippen molar-refractivity contribution >= 4 is 29.0 Å². The summed E-state index contributed by atoms with van der Waals surface area (Å²) in [5.41, 5.74) is 0.571. The summed E-state index contributed by atoms with van der Waals surface area (Å²) in [5.74, 6) is -0.439. The van der Waals surface area contributed by atoms with Crippen LogP contribution in [0.3, 0.4) is 0 Å². The summed E-state index contributed by atoms with van der Waals surface area (Å²) in [6.45, 7) is -0.0408. The van der Waals surface area contributed by atoms with Gasteiger partial charge in [0.1, 0.15) is 23.1 Å². The molecule has 0 saturated carbocycles. The molecule has 104 valence electrons. The van der Waals surface area contributed by atoms with E-state index in [9.17, 15) is 14.5 Å². The highest BCUT2D eigenvalue weighted by atomic mass is 32.1. The van der Waals surface area contributed by atoms with E-state index in [1.807, 2.05) is 0 Å². The Bertz CT molecular complexity index is 627. The lowest BCUT2D eigenvalue weighted by Gasteiger charge is -2.08. The minimum Gasteiger partial charge on any atom is -0.463 e. The third kappa shape index (κ3) is 3.75. The van der Waals surface area contributed by atoms with E-state index < -0.39 is 4.92 Å². The van der Waals surface area contributed by atoms with Gasteiger partial charge in [0, 0.05) is 5.69 Å². The second-order valence-corrected chi connectivity index (χ2v) is 4.08. The van der Waals surface area contributed by atoms with E-state index >= 15 is 0 Å². The van der Waals surface area contributed by atoms with Crippen LogP contribution in [0.5, 0.6) is 0 Å². The fourth-order valence-electron chi connectivity index (χ4n) is 1.37. The van der Waals surface area contributed by atoms with Gasteiger partial charge in [0.05, 0.1) is 6.07 Å². The van der Waals surface area contributed by atoms with Crippen LogP contribution >= 0.6 is 12.2 Å². The molecule has 0 radical (unpaired) electrons. The van der Waals surface area contributed by atoms with Crippen molar-refractivity contribution in [2.45, 2.75) is 6.61 Å². The molecule has 0 amide bonds. The Morgan fingerprint density at radius 3 is 2.65 bits per heavy atom. The number of thiocarbonyl (C=S) groups is 1. The molecule has 6 nitrogen and oxygen atoms in total. The minimum absolute atomic E-state index is 0.0408. The minimum atomic E-state index is -0.640. The molecule has 1 heterocycles.